The van der Waals surface area contributed by atoms with Crippen LogP contribution in [0, 0.1) is 11.3 Å². The molecule has 0 amide bonds. The summed E-state index contributed by atoms with van der Waals surface area (Å²) in [6, 6.07) is 17.0. The van der Waals surface area contributed by atoms with Crippen molar-refractivity contribution in [2.24, 2.45) is 0 Å². The van der Waals surface area contributed by atoms with Gasteiger partial charge in [-0.25, -0.2) is 0 Å². The van der Waals surface area contributed by atoms with E-state index < -0.39 is 0 Å². The predicted octanol–water partition coefficient (Wildman–Crippen LogP) is 2.66. The molecule has 2 N–H and O–H groups in total. The van der Waals surface area contributed by atoms with Gasteiger partial charge in [0.05, 0.1) is 18.2 Å². The molecule has 0 aromatic heterocycles. The first kappa shape index (κ1) is 13.8. The third-order valence-corrected chi connectivity index (χ3v) is 2.99. The van der Waals surface area contributed by atoms with Crippen molar-refractivity contribution in [2.45, 2.75) is 0 Å². The molecule has 0 unspecified atom stereocenters. The highest BCUT2D eigenvalue weighted by atomic mass is 16.5. The molecule has 0 saturated heterocycles. The van der Waals surface area contributed by atoms with Gasteiger partial charge in [0.2, 0.25) is 0 Å². The zero-order valence-electron chi connectivity index (χ0n) is 11.4. The Kier molecular flexibility index (Phi) is 4.46. The molecular formula is C16H17N3O. The van der Waals surface area contributed by atoms with E-state index in [1.807, 2.05) is 55.6 Å². The molecule has 0 aliphatic heterocycles. The predicted molar refractivity (Wildman–Crippen MR) is 80.8 cm³/mol. The van der Waals surface area contributed by atoms with Gasteiger partial charge < -0.3 is 15.4 Å². The third kappa shape index (κ3) is 3.66. The number of anilines is 2. The SMILES string of the molecule is CN(CCOc1cccc(N)c1)c1ccc(C#N)cc1. The first-order valence-electron chi connectivity index (χ1n) is 6.38. The van der Waals surface area contributed by atoms with Gasteiger partial charge in [0, 0.05) is 24.5 Å². The van der Waals surface area contributed by atoms with E-state index >= 15 is 0 Å². The number of ether oxygens (including phenoxy) is 1. The Morgan fingerprint density at radius 3 is 2.60 bits per heavy atom. The molecule has 4 heteroatoms. The molecule has 102 valence electrons. The second-order valence-electron chi connectivity index (χ2n) is 4.50. The molecule has 0 atom stereocenters. The molecule has 0 fully saturated rings. The lowest BCUT2D eigenvalue weighted by Gasteiger charge is -2.19. The number of hydrogen-bond donors (Lipinski definition) is 1. The fraction of sp³-hybridized carbons (Fsp3) is 0.188. The second-order valence-corrected chi connectivity index (χ2v) is 4.50. The van der Waals surface area contributed by atoms with Gasteiger partial charge in [0.25, 0.3) is 0 Å². The number of nitrogens with zero attached hydrogens (tertiary/aromatic N) is 2. The van der Waals surface area contributed by atoms with Crippen LogP contribution in [0.25, 0.3) is 0 Å². The highest BCUT2D eigenvalue weighted by Crippen LogP contribution is 2.16. The second kappa shape index (κ2) is 6.48. The zero-order chi connectivity index (χ0) is 14.4. The van der Waals surface area contributed by atoms with Crippen molar-refractivity contribution in [1.82, 2.24) is 0 Å². The van der Waals surface area contributed by atoms with Crippen LogP contribution in [0.1, 0.15) is 5.56 Å². The molecule has 2 aromatic carbocycles. The molecule has 20 heavy (non-hydrogen) atoms. The van der Waals surface area contributed by atoms with E-state index in [1.165, 1.54) is 0 Å². The number of rotatable bonds is 5. The molecule has 0 spiro atoms. The summed E-state index contributed by atoms with van der Waals surface area (Å²) in [7, 11) is 1.99. The van der Waals surface area contributed by atoms with Gasteiger partial charge in [0.1, 0.15) is 12.4 Å². The summed E-state index contributed by atoms with van der Waals surface area (Å²) in [4.78, 5) is 2.08. The molecule has 2 rings (SSSR count). The Balaban J connectivity index is 1.85. The lowest BCUT2D eigenvalue weighted by atomic mass is 10.2. The van der Waals surface area contributed by atoms with Gasteiger partial charge in [-0.3, -0.25) is 0 Å². The van der Waals surface area contributed by atoms with E-state index in [1.54, 1.807) is 0 Å². The van der Waals surface area contributed by atoms with Crippen molar-refractivity contribution in [3.8, 4) is 11.8 Å². The fourth-order valence-corrected chi connectivity index (χ4v) is 1.82. The van der Waals surface area contributed by atoms with E-state index in [0.29, 0.717) is 17.9 Å². The molecular weight excluding hydrogens is 250 g/mol. The average molecular weight is 267 g/mol. The van der Waals surface area contributed by atoms with Crippen LogP contribution in [0.3, 0.4) is 0 Å². The molecule has 0 radical (unpaired) electrons. The minimum Gasteiger partial charge on any atom is -0.492 e. The summed E-state index contributed by atoms with van der Waals surface area (Å²) in [5, 5.41) is 8.76. The van der Waals surface area contributed by atoms with Gasteiger partial charge in [-0.05, 0) is 36.4 Å². The van der Waals surface area contributed by atoms with Crippen LogP contribution >= 0.6 is 0 Å². The topological polar surface area (TPSA) is 62.3 Å². The summed E-state index contributed by atoms with van der Waals surface area (Å²) in [6.45, 7) is 1.32. The van der Waals surface area contributed by atoms with Crippen molar-refractivity contribution in [2.75, 3.05) is 30.8 Å². The first-order chi connectivity index (χ1) is 9.69. The third-order valence-electron chi connectivity index (χ3n) is 2.99. The van der Waals surface area contributed by atoms with E-state index in [0.717, 1.165) is 18.0 Å². The van der Waals surface area contributed by atoms with Crippen LogP contribution < -0.4 is 15.4 Å². The van der Waals surface area contributed by atoms with Crippen LogP contribution in [0.15, 0.2) is 48.5 Å². The monoisotopic (exact) mass is 267 g/mol. The van der Waals surface area contributed by atoms with E-state index in [4.69, 9.17) is 15.7 Å². The van der Waals surface area contributed by atoms with Crippen molar-refractivity contribution in [3.05, 3.63) is 54.1 Å². The van der Waals surface area contributed by atoms with Crippen molar-refractivity contribution >= 4 is 11.4 Å². The van der Waals surface area contributed by atoms with Gasteiger partial charge in [-0.1, -0.05) is 6.07 Å². The largest absolute Gasteiger partial charge is 0.492 e. The number of nitrogens with two attached hydrogens (primary N) is 1. The summed E-state index contributed by atoms with van der Waals surface area (Å²) < 4.78 is 5.65. The molecule has 4 nitrogen and oxygen atoms in total. The zero-order valence-corrected chi connectivity index (χ0v) is 11.4. The van der Waals surface area contributed by atoms with Gasteiger partial charge in [-0.15, -0.1) is 0 Å². The Hall–Kier alpha value is -2.67. The standard InChI is InChI=1S/C16H17N3O/c1-19(15-7-5-13(12-17)6-8-15)9-10-20-16-4-2-3-14(18)11-16/h2-8,11H,9-10,18H2,1H3. The number of likely N-dealkylation sites (N-methyl/N-ethyl adjacent to an activating group) is 1. The van der Waals surface area contributed by atoms with E-state index in [-0.39, 0.29) is 0 Å². The number of nitriles is 1. The normalized spacial score (nSPS) is 9.80. The maximum Gasteiger partial charge on any atom is 0.121 e. The quantitative estimate of drug-likeness (QED) is 0.846. The van der Waals surface area contributed by atoms with Crippen LogP contribution in [0.5, 0.6) is 5.75 Å². The molecule has 0 aliphatic carbocycles. The summed E-state index contributed by atoms with van der Waals surface area (Å²) >= 11 is 0. The van der Waals surface area contributed by atoms with Crippen LogP contribution in [0.2, 0.25) is 0 Å². The Morgan fingerprint density at radius 2 is 1.95 bits per heavy atom. The lowest BCUT2D eigenvalue weighted by molar-refractivity contribution is 0.326. The summed E-state index contributed by atoms with van der Waals surface area (Å²) in [6.07, 6.45) is 0. The minimum absolute atomic E-state index is 0.569. The minimum atomic E-state index is 0.569. The van der Waals surface area contributed by atoms with Crippen molar-refractivity contribution in [3.63, 3.8) is 0 Å². The number of benzene rings is 2. The van der Waals surface area contributed by atoms with Crippen LogP contribution in [-0.2, 0) is 0 Å². The Labute approximate surface area is 119 Å². The highest BCUT2D eigenvalue weighted by Gasteiger charge is 2.01. The number of nitrogen functional groups attached to an aromatic ring is 1. The van der Waals surface area contributed by atoms with Gasteiger partial charge >= 0.3 is 0 Å². The maximum atomic E-state index is 8.76. The average Bonchev–Trinajstić information content (AvgIpc) is 2.47. The van der Waals surface area contributed by atoms with Crippen LogP contribution in [0.4, 0.5) is 11.4 Å². The lowest BCUT2D eigenvalue weighted by Crippen LogP contribution is -2.23. The van der Waals surface area contributed by atoms with E-state index in [2.05, 4.69) is 11.0 Å². The molecule has 0 bridgehead atoms. The smallest absolute Gasteiger partial charge is 0.121 e. The first-order valence-corrected chi connectivity index (χ1v) is 6.38. The summed E-state index contributed by atoms with van der Waals surface area (Å²) in [5.74, 6) is 0.776. The van der Waals surface area contributed by atoms with Crippen molar-refractivity contribution < 1.29 is 4.74 Å². The van der Waals surface area contributed by atoms with Gasteiger partial charge in [-0.2, -0.15) is 5.26 Å². The maximum absolute atomic E-state index is 8.76. The van der Waals surface area contributed by atoms with E-state index in [9.17, 15) is 0 Å². The molecule has 0 saturated carbocycles. The van der Waals surface area contributed by atoms with Crippen molar-refractivity contribution in [1.29, 1.82) is 5.26 Å². The fourth-order valence-electron chi connectivity index (χ4n) is 1.82. The molecule has 2 aromatic rings. The van der Waals surface area contributed by atoms with Crippen LogP contribution in [-0.4, -0.2) is 20.2 Å². The highest BCUT2D eigenvalue weighted by molar-refractivity contribution is 5.49. The Bertz CT molecular complexity index is 602. The Morgan fingerprint density at radius 1 is 1.20 bits per heavy atom. The molecule has 0 aliphatic rings. The summed E-state index contributed by atoms with van der Waals surface area (Å²) in [5.41, 5.74) is 8.11. The molecule has 0 heterocycles. The number of hydrogen-bond acceptors (Lipinski definition) is 4. The van der Waals surface area contributed by atoms with Gasteiger partial charge in [0.15, 0.2) is 0 Å².